The van der Waals surface area contributed by atoms with Gasteiger partial charge >= 0.3 is 0 Å². The van der Waals surface area contributed by atoms with Crippen LogP contribution >= 0.6 is 34.2 Å². The van der Waals surface area contributed by atoms with Crippen molar-refractivity contribution in [3.8, 4) is 0 Å². The lowest BCUT2D eigenvalue weighted by atomic mass is 9.99. The monoisotopic (exact) mass is 369 g/mol. The third-order valence-corrected chi connectivity index (χ3v) is 4.33. The van der Waals surface area contributed by atoms with Crippen LogP contribution in [0.2, 0.25) is 0 Å². The molecule has 1 aromatic rings. The molecule has 0 fully saturated rings. The Morgan fingerprint density at radius 1 is 1.53 bits per heavy atom. The van der Waals surface area contributed by atoms with Gasteiger partial charge in [-0.1, -0.05) is 26.7 Å². The van der Waals surface area contributed by atoms with Gasteiger partial charge in [0, 0.05) is 6.54 Å². The summed E-state index contributed by atoms with van der Waals surface area (Å²) in [6.45, 7) is 4.90. The van der Waals surface area contributed by atoms with Gasteiger partial charge in [-0.2, -0.15) is 0 Å². The molecule has 96 valence electrons. The van der Waals surface area contributed by atoms with Crippen LogP contribution in [0.4, 0.5) is 5.82 Å². The Kier molecular flexibility index (Phi) is 6.26. The van der Waals surface area contributed by atoms with Gasteiger partial charge in [0.15, 0.2) is 0 Å². The van der Waals surface area contributed by atoms with E-state index in [2.05, 4.69) is 29.1 Å². The summed E-state index contributed by atoms with van der Waals surface area (Å²) in [5, 5.41) is 3.19. The molecule has 1 unspecified atom stereocenters. The van der Waals surface area contributed by atoms with E-state index in [0.29, 0.717) is 21.9 Å². The molecule has 0 amide bonds. The van der Waals surface area contributed by atoms with E-state index in [1.807, 2.05) is 22.6 Å². The normalized spacial score (nSPS) is 12.8. The van der Waals surface area contributed by atoms with Gasteiger partial charge < -0.3 is 10.3 Å². The molecule has 17 heavy (non-hydrogen) atoms. The molecule has 2 N–H and O–H groups in total. The van der Waals surface area contributed by atoms with E-state index in [4.69, 9.17) is 11.6 Å². The van der Waals surface area contributed by atoms with E-state index in [9.17, 15) is 4.79 Å². The fraction of sp³-hybridized carbons (Fsp3) is 0.636. The van der Waals surface area contributed by atoms with Crippen molar-refractivity contribution in [2.24, 2.45) is 5.92 Å². The number of aromatic amines is 1. The Balaban J connectivity index is 2.61. The van der Waals surface area contributed by atoms with Crippen LogP contribution in [0.25, 0.3) is 0 Å². The van der Waals surface area contributed by atoms with Crippen LogP contribution in [-0.2, 0) is 0 Å². The summed E-state index contributed by atoms with van der Waals surface area (Å²) < 4.78 is 0.568. The van der Waals surface area contributed by atoms with E-state index in [0.717, 1.165) is 12.8 Å². The Labute approximate surface area is 120 Å². The lowest BCUT2D eigenvalue weighted by molar-refractivity contribution is 0.475. The van der Waals surface area contributed by atoms with Gasteiger partial charge in [-0.3, -0.25) is 4.79 Å². The van der Waals surface area contributed by atoms with E-state index in [-0.39, 0.29) is 10.9 Å². The Morgan fingerprint density at radius 3 is 2.76 bits per heavy atom. The zero-order chi connectivity index (χ0) is 12.8. The Hall–Kier alpha value is -0.300. The van der Waals surface area contributed by atoms with Gasteiger partial charge in [0.25, 0.3) is 5.56 Å². The molecular formula is C11H17ClIN3O. The van der Waals surface area contributed by atoms with Gasteiger partial charge in [0.1, 0.15) is 9.39 Å². The zero-order valence-electron chi connectivity index (χ0n) is 9.96. The highest BCUT2D eigenvalue weighted by Crippen LogP contribution is 2.19. The standard InChI is InChI=1S/C11H17ClIN3O/c1-3-7(4-2)8(12)5-14-10-9(13)11(17)16-6-15-10/h6-8H,3-5H2,1-2H3,(H2,14,15,16,17). The van der Waals surface area contributed by atoms with E-state index >= 15 is 0 Å². The average molecular weight is 370 g/mol. The third kappa shape index (κ3) is 4.13. The number of aromatic nitrogens is 2. The smallest absolute Gasteiger partial charge is 0.266 e. The third-order valence-electron chi connectivity index (χ3n) is 2.82. The summed E-state index contributed by atoms with van der Waals surface area (Å²) in [4.78, 5) is 18.0. The summed E-state index contributed by atoms with van der Waals surface area (Å²) in [7, 11) is 0. The minimum atomic E-state index is -0.128. The van der Waals surface area contributed by atoms with E-state index < -0.39 is 0 Å². The summed E-state index contributed by atoms with van der Waals surface area (Å²) >= 11 is 8.29. The van der Waals surface area contributed by atoms with Crippen molar-refractivity contribution in [1.29, 1.82) is 0 Å². The summed E-state index contributed by atoms with van der Waals surface area (Å²) in [5.41, 5.74) is -0.128. The SMILES string of the molecule is CCC(CC)C(Cl)CNc1nc[nH]c(=O)c1I. The molecule has 0 bridgehead atoms. The van der Waals surface area contributed by atoms with Crippen molar-refractivity contribution in [2.45, 2.75) is 32.1 Å². The fourth-order valence-electron chi connectivity index (χ4n) is 1.67. The highest BCUT2D eigenvalue weighted by atomic mass is 127. The topological polar surface area (TPSA) is 57.8 Å². The van der Waals surface area contributed by atoms with Crippen molar-refractivity contribution >= 4 is 40.0 Å². The predicted molar refractivity (Wildman–Crippen MR) is 79.8 cm³/mol. The lowest BCUT2D eigenvalue weighted by Gasteiger charge is -2.19. The summed E-state index contributed by atoms with van der Waals surface area (Å²) in [5.74, 6) is 1.09. The molecule has 0 saturated carbocycles. The molecule has 0 radical (unpaired) electrons. The van der Waals surface area contributed by atoms with Gasteiger partial charge in [0.05, 0.1) is 11.7 Å². The van der Waals surface area contributed by atoms with Crippen LogP contribution in [0.5, 0.6) is 0 Å². The number of nitrogens with one attached hydrogen (secondary N) is 2. The summed E-state index contributed by atoms with van der Waals surface area (Å²) in [6, 6.07) is 0. The minimum absolute atomic E-state index is 0.0573. The number of halogens is 2. The molecule has 4 nitrogen and oxygen atoms in total. The molecule has 0 aliphatic carbocycles. The minimum Gasteiger partial charge on any atom is -0.367 e. The van der Waals surface area contributed by atoms with Gasteiger partial charge in [-0.15, -0.1) is 11.6 Å². The van der Waals surface area contributed by atoms with Crippen molar-refractivity contribution < 1.29 is 0 Å². The summed E-state index contributed by atoms with van der Waals surface area (Å²) in [6.07, 6.45) is 3.52. The van der Waals surface area contributed by atoms with E-state index in [1.54, 1.807) is 0 Å². The highest BCUT2D eigenvalue weighted by Gasteiger charge is 2.16. The maximum absolute atomic E-state index is 11.4. The van der Waals surface area contributed by atoms with Crippen LogP contribution in [-0.4, -0.2) is 21.9 Å². The van der Waals surface area contributed by atoms with Gasteiger partial charge in [-0.05, 0) is 28.5 Å². The Bertz CT molecular complexity index is 406. The molecular weight excluding hydrogens is 352 g/mol. The van der Waals surface area contributed by atoms with Crippen LogP contribution in [0.1, 0.15) is 26.7 Å². The quantitative estimate of drug-likeness (QED) is 0.599. The first kappa shape index (κ1) is 14.8. The second-order valence-corrected chi connectivity index (χ2v) is 5.51. The number of nitrogens with zero attached hydrogens (tertiary/aromatic N) is 1. The first-order valence-corrected chi connectivity index (χ1v) is 7.22. The maximum atomic E-state index is 11.4. The number of H-pyrrole nitrogens is 1. The van der Waals surface area contributed by atoms with Gasteiger partial charge in [0.2, 0.25) is 0 Å². The second-order valence-electron chi connectivity index (χ2n) is 3.87. The number of hydrogen-bond donors (Lipinski definition) is 2. The van der Waals surface area contributed by atoms with E-state index in [1.165, 1.54) is 6.33 Å². The highest BCUT2D eigenvalue weighted by molar-refractivity contribution is 14.1. The molecule has 0 aromatic carbocycles. The van der Waals surface area contributed by atoms with Crippen LogP contribution < -0.4 is 10.9 Å². The molecule has 6 heteroatoms. The first-order chi connectivity index (χ1) is 8.10. The molecule has 0 aliphatic heterocycles. The largest absolute Gasteiger partial charge is 0.367 e. The molecule has 1 rings (SSSR count). The predicted octanol–water partition coefficient (Wildman–Crippen LogP) is 2.83. The molecule has 0 spiro atoms. The lowest BCUT2D eigenvalue weighted by Crippen LogP contribution is -2.25. The first-order valence-electron chi connectivity index (χ1n) is 5.71. The van der Waals surface area contributed by atoms with Crippen LogP contribution in [0.15, 0.2) is 11.1 Å². The van der Waals surface area contributed by atoms with Crippen molar-refractivity contribution in [3.63, 3.8) is 0 Å². The maximum Gasteiger partial charge on any atom is 0.266 e. The Morgan fingerprint density at radius 2 is 2.18 bits per heavy atom. The average Bonchev–Trinajstić information content (AvgIpc) is 2.32. The van der Waals surface area contributed by atoms with Crippen molar-refractivity contribution in [3.05, 3.63) is 20.3 Å². The van der Waals surface area contributed by atoms with Crippen LogP contribution in [0, 0.1) is 9.49 Å². The zero-order valence-corrected chi connectivity index (χ0v) is 12.9. The van der Waals surface area contributed by atoms with Crippen molar-refractivity contribution in [1.82, 2.24) is 9.97 Å². The van der Waals surface area contributed by atoms with Crippen molar-refractivity contribution in [2.75, 3.05) is 11.9 Å². The number of hydrogen-bond acceptors (Lipinski definition) is 3. The molecule has 0 saturated heterocycles. The van der Waals surface area contributed by atoms with Crippen LogP contribution in [0.3, 0.4) is 0 Å². The molecule has 1 heterocycles. The number of rotatable bonds is 6. The molecule has 1 atom stereocenters. The number of alkyl halides is 1. The fourth-order valence-corrected chi connectivity index (χ4v) is 2.59. The number of anilines is 1. The molecule has 0 aliphatic rings. The molecule has 1 aromatic heterocycles. The second kappa shape index (κ2) is 7.20. The van der Waals surface area contributed by atoms with Gasteiger partial charge in [-0.25, -0.2) is 4.98 Å².